The van der Waals surface area contributed by atoms with Crippen molar-refractivity contribution >= 4 is 33.0 Å². The molecule has 0 radical (unpaired) electrons. The highest BCUT2D eigenvalue weighted by molar-refractivity contribution is 7.89. The highest BCUT2D eigenvalue weighted by Gasteiger charge is 2.21. The quantitative estimate of drug-likeness (QED) is 0.700. The predicted octanol–water partition coefficient (Wildman–Crippen LogP) is 3.82. The van der Waals surface area contributed by atoms with Crippen LogP contribution in [0.1, 0.15) is 15.9 Å². The number of nitrogens with one attached hydrogen (secondary N) is 1. The number of amides is 1. The van der Waals surface area contributed by atoms with Crippen LogP contribution in [0.3, 0.4) is 0 Å². The van der Waals surface area contributed by atoms with Crippen LogP contribution in [-0.2, 0) is 16.6 Å². The summed E-state index contributed by atoms with van der Waals surface area (Å²) in [5.74, 6) is -0.219. The first kappa shape index (κ1) is 18.3. The highest BCUT2D eigenvalue weighted by Crippen LogP contribution is 2.20. The second-order valence-corrected chi connectivity index (χ2v) is 8.56. The van der Waals surface area contributed by atoms with Crippen molar-refractivity contribution in [2.75, 3.05) is 12.4 Å². The molecule has 5 nitrogen and oxygen atoms in total. The van der Waals surface area contributed by atoms with E-state index in [-0.39, 0.29) is 10.8 Å². The summed E-state index contributed by atoms with van der Waals surface area (Å²) in [6.45, 7) is 0.291. The SMILES string of the molecule is CN(Cc1ccccc1)S(=O)(=O)c1ccc(NC(=O)c2ccsc2)cc1. The number of hydrogen-bond donors (Lipinski definition) is 1. The number of sulfonamides is 1. The lowest BCUT2D eigenvalue weighted by molar-refractivity contribution is 0.102. The van der Waals surface area contributed by atoms with Crippen LogP contribution in [0.2, 0.25) is 0 Å². The van der Waals surface area contributed by atoms with Gasteiger partial charge in [0, 0.05) is 24.7 Å². The molecule has 0 aliphatic carbocycles. The number of benzene rings is 2. The van der Waals surface area contributed by atoms with Crippen LogP contribution in [0.25, 0.3) is 0 Å². The molecule has 0 spiro atoms. The van der Waals surface area contributed by atoms with Crippen LogP contribution in [0, 0.1) is 0 Å². The maximum absolute atomic E-state index is 12.7. The van der Waals surface area contributed by atoms with Crippen LogP contribution in [-0.4, -0.2) is 25.7 Å². The van der Waals surface area contributed by atoms with Crippen LogP contribution < -0.4 is 5.32 Å². The van der Waals surface area contributed by atoms with Gasteiger partial charge in [0.1, 0.15) is 0 Å². The van der Waals surface area contributed by atoms with Crippen molar-refractivity contribution in [3.63, 3.8) is 0 Å². The molecule has 2 aromatic carbocycles. The minimum absolute atomic E-state index is 0.185. The summed E-state index contributed by atoms with van der Waals surface area (Å²) in [4.78, 5) is 12.2. The molecule has 0 saturated heterocycles. The third-order valence-corrected chi connectivity index (χ3v) is 6.35. The first-order valence-corrected chi connectivity index (χ1v) is 10.3. The minimum atomic E-state index is -3.60. The van der Waals surface area contributed by atoms with Gasteiger partial charge in [-0.25, -0.2) is 8.42 Å². The number of thiophene rings is 1. The monoisotopic (exact) mass is 386 g/mol. The van der Waals surface area contributed by atoms with E-state index in [9.17, 15) is 13.2 Å². The lowest BCUT2D eigenvalue weighted by Crippen LogP contribution is -2.26. The van der Waals surface area contributed by atoms with E-state index >= 15 is 0 Å². The Hall–Kier alpha value is -2.48. The fourth-order valence-corrected chi connectivity index (χ4v) is 4.21. The maximum atomic E-state index is 12.7. The molecule has 0 fully saturated rings. The lowest BCUT2D eigenvalue weighted by atomic mass is 10.2. The van der Waals surface area contributed by atoms with E-state index in [2.05, 4.69) is 5.32 Å². The van der Waals surface area contributed by atoms with E-state index in [1.165, 1.54) is 27.8 Å². The number of anilines is 1. The van der Waals surface area contributed by atoms with Gasteiger partial charge in [-0.3, -0.25) is 4.79 Å². The molecule has 134 valence electrons. The van der Waals surface area contributed by atoms with Gasteiger partial charge in [0.15, 0.2) is 0 Å². The molecule has 0 atom stereocenters. The van der Waals surface area contributed by atoms with Crippen molar-refractivity contribution in [1.29, 1.82) is 0 Å². The average molecular weight is 386 g/mol. The van der Waals surface area contributed by atoms with Gasteiger partial charge in [-0.1, -0.05) is 30.3 Å². The molecule has 1 aromatic heterocycles. The van der Waals surface area contributed by atoms with Gasteiger partial charge in [0.25, 0.3) is 5.91 Å². The molecule has 1 N–H and O–H groups in total. The Labute approximate surface area is 157 Å². The molecule has 7 heteroatoms. The van der Waals surface area contributed by atoms with Gasteiger partial charge in [-0.2, -0.15) is 15.6 Å². The molecule has 0 unspecified atom stereocenters. The first-order chi connectivity index (χ1) is 12.5. The molecule has 3 aromatic rings. The fourth-order valence-electron chi connectivity index (χ4n) is 2.41. The highest BCUT2D eigenvalue weighted by atomic mass is 32.2. The predicted molar refractivity (Wildman–Crippen MR) is 104 cm³/mol. The van der Waals surface area contributed by atoms with Gasteiger partial charge in [-0.05, 0) is 41.3 Å². The Morgan fingerprint density at radius 2 is 1.73 bits per heavy atom. The van der Waals surface area contributed by atoms with Gasteiger partial charge >= 0.3 is 0 Å². The van der Waals surface area contributed by atoms with Crippen molar-refractivity contribution in [2.45, 2.75) is 11.4 Å². The summed E-state index contributed by atoms with van der Waals surface area (Å²) >= 11 is 1.44. The van der Waals surface area contributed by atoms with Crippen molar-refractivity contribution in [3.8, 4) is 0 Å². The third-order valence-electron chi connectivity index (χ3n) is 3.85. The zero-order valence-corrected chi connectivity index (χ0v) is 15.8. The standard InChI is InChI=1S/C19H18N2O3S2/c1-21(13-15-5-3-2-4-6-15)26(23,24)18-9-7-17(8-10-18)20-19(22)16-11-12-25-14-16/h2-12,14H,13H2,1H3,(H,20,22). The Balaban J connectivity index is 1.71. The van der Waals surface area contributed by atoms with Crippen LogP contribution in [0.15, 0.2) is 76.3 Å². The molecule has 1 heterocycles. The second-order valence-electron chi connectivity index (χ2n) is 5.74. The molecule has 0 aliphatic heterocycles. The van der Waals surface area contributed by atoms with Gasteiger partial charge in [0.2, 0.25) is 10.0 Å². The third kappa shape index (κ3) is 4.19. The summed E-state index contributed by atoms with van der Waals surface area (Å²) in [5, 5.41) is 6.33. The van der Waals surface area contributed by atoms with Crippen LogP contribution >= 0.6 is 11.3 Å². The first-order valence-electron chi connectivity index (χ1n) is 7.91. The number of rotatable bonds is 6. The summed E-state index contributed by atoms with van der Waals surface area (Å²) in [6.07, 6.45) is 0. The Morgan fingerprint density at radius 3 is 2.35 bits per heavy atom. The fraction of sp³-hybridized carbons (Fsp3) is 0.105. The Bertz CT molecular complexity index is 967. The summed E-state index contributed by atoms with van der Waals surface area (Å²) in [6, 6.07) is 17.3. The van der Waals surface area contributed by atoms with Crippen molar-refractivity contribution < 1.29 is 13.2 Å². The summed E-state index contributed by atoms with van der Waals surface area (Å²) in [5.41, 5.74) is 2.04. The zero-order valence-electron chi connectivity index (χ0n) is 14.1. The molecule has 0 bridgehead atoms. The van der Waals surface area contributed by atoms with Gasteiger partial charge < -0.3 is 5.32 Å². The van der Waals surface area contributed by atoms with E-state index in [1.807, 2.05) is 35.7 Å². The topological polar surface area (TPSA) is 66.5 Å². The number of carbonyl (C=O) groups excluding carboxylic acids is 1. The normalized spacial score (nSPS) is 11.5. The summed E-state index contributed by atoms with van der Waals surface area (Å²) < 4.78 is 26.7. The Kier molecular flexibility index (Phi) is 5.51. The number of nitrogens with zero attached hydrogens (tertiary/aromatic N) is 1. The molecule has 3 rings (SSSR count). The van der Waals surface area contributed by atoms with Crippen LogP contribution in [0.4, 0.5) is 5.69 Å². The van der Waals surface area contributed by atoms with E-state index in [0.29, 0.717) is 17.8 Å². The van der Waals surface area contributed by atoms with E-state index < -0.39 is 10.0 Å². The van der Waals surface area contributed by atoms with Crippen molar-refractivity contribution in [2.24, 2.45) is 0 Å². The molecular weight excluding hydrogens is 368 g/mol. The average Bonchev–Trinajstić information content (AvgIpc) is 3.18. The maximum Gasteiger partial charge on any atom is 0.256 e. The molecule has 0 aliphatic rings. The molecular formula is C19H18N2O3S2. The van der Waals surface area contributed by atoms with Crippen LogP contribution in [0.5, 0.6) is 0 Å². The van der Waals surface area contributed by atoms with E-state index in [4.69, 9.17) is 0 Å². The second kappa shape index (κ2) is 7.82. The minimum Gasteiger partial charge on any atom is -0.322 e. The van der Waals surface area contributed by atoms with E-state index in [1.54, 1.807) is 30.6 Å². The van der Waals surface area contributed by atoms with Crippen molar-refractivity contribution in [1.82, 2.24) is 4.31 Å². The van der Waals surface area contributed by atoms with Crippen molar-refractivity contribution in [3.05, 3.63) is 82.6 Å². The smallest absolute Gasteiger partial charge is 0.256 e. The van der Waals surface area contributed by atoms with E-state index in [0.717, 1.165) is 5.56 Å². The lowest BCUT2D eigenvalue weighted by Gasteiger charge is -2.17. The zero-order chi connectivity index (χ0) is 18.6. The van der Waals surface area contributed by atoms with Gasteiger partial charge in [-0.15, -0.1) is 0 Å². The number of carbonyl (C=O) groups is 1. The molecule has 1 amide bonds. The van der Waals surface area contributed by atoms with Gasteiger partial charge in [0.05, 0.1) is 10.5 Å². The molecule has 26 heavy (non-hydrogen) atoms. The summed E-state index contributed by atoms with van der Waals surface area (Å²) in [7, 11) is -2.05. The Morgan fingerprint density at radius 1 is 1.04 bits per heavy atom. The number of hydrogen-bond acceptors (Lipinski definition) is 4. The molecule has 0 saturated carbocycles. The largest absolute Gasteiger partial charge is 0.322 e.